The molecule has 11 heteroatoms. The molecule has 10 nitrogen and oxygen atoms in total. The van der Waals surface area contributed by atoms with E-state index in [-0.39, 0.29) is 25.0 Å². The third-order valence-corrected chi connectivity index (χ3v) is 6.54. The molecule has 0 radical (unpaired) electrons. The Hall–Kier alpha value is -4.38. The summed E-state index contributed by atoms with van der Waals surface area (Å²) in [4.78, 5) is 41.3. The van der Waals surface area contributed by atoms with Crippen molar-refractivity contribution in [3.05, 3.63) is 83.6 Å². The zero-order valence-corrected chi connectivity index (χ0v) is 22.4. The molecule has 0 spiro atoms. The smallest absolute Gasteiger partial charge is 0.287 e. The Kier molecular flexibility index (Phi) is 9.74. The number of methoxy groups -OCH3 is 2. The molecular weight excluding hydrogens is 521 g/mol. The molecule has 3 amide bonds. The summed E-state index contributed by atoms with van der Waals surface area (Å²) in [6.07, 6.45) is 2.95. The molecule has 1 saturated heterocycles. The van der Waals surface area contributed by atoms with Crippen molar-refractivity contribution in [1.29, 1.82) is 0 Å². The molecule has 0 saturated carbocycles. The number of carbonyl (C=O) groups excluding carboxylic acids is 3. The summed E-state index contributed by atoms with van der Waals surface area (Å²) >= 11 is 0. The van der Waals surface area contributed by atoms with Crippen molar-refractivity contribution in [3.8, 4) is 11.5 Å². The average molecular weight is 554 g/mol. The summed E-state index contributed by atoms with van der Waals surface area (Å²) in [5.41, 5.74) is 1.04. The van der Waals surface area contributed by atoms with Gasteiger partial charge >= 0.3 is 0 Å². The second kappa shape index (κ2) is 13.6. The largest absolute Gasteiger partial charge is 0.493 e. The first kappa shape index (κ1) is 28.6. The van der Waals surface area contributed by atoms with Gasteiger partial charge in [-0.15, -0.1) is 0 Å². The quantitative estimate of drug-likeness (QED) is 0.354. The van der Waals surface area contributed by atoms with E-state index in [4.69, 9.17) is 18.6 Å². The van der Waals surface area contributed by atoms with Crippen LogP contribution in [-0.4, -0.2) is 62.6 Å². The Morgan fingerprint density at radius 3 is 2.48 bits per heavy atom. The molecule has 2 heterocycles. The Morgan fingerprint density at radius 1 is 1.05 bits per heavy atom. The highest BCUT2D eigenvalue weighted by atomic mass is 19.1. The molecule has 40 heavy (non-hydrogen) atoms. The van der Waals surface area contributed by atoms with Crippen molar-refractivity contribution < 1.29 is 37.4 Å². The Labute approximate surface area is 231 Å². The van der Waals surface area contributed by atoms with Gasteiger partial charge in [0.1, 0.15) is 11.9 Å². The van der Waals surface area contributed by atoms with Crippen LogP contribution >= 0.6 is 0 Å². The molecule has 0 aliphatic carbocycles. The lowest BCUT2D eigenvalue weighted by Gasteiger charge is -2.32. The van der Waals surface area contributed by atoms with Gasteiger partial charge in [0.25, 0.3) is 5.91 Å². The van der Waals surface area contributed by atoms with Crippen LogP contribution in [0.5, 0.6) is 11.5 Å². The highest BCUT2D eigenvalue weighted by Gasteiger charge is 2.33. The number of rotatable bonds is 12. The summed E-state index contributed by atoms with van der Waals surface area (Å²) in [6, 6.07) is 12.5. The summed E-state index contributed by atoms with van der Waals surface area (Å²) in [7, 11) is 2.97. The number of benzene rings is 2. The number of nitrogens with zero attached hydrogens (tertiary/aromatic N) is 1. The van der Waals surface area contributed by atoms with E-state index in [2.05, 4.69) is 10.6 Å². The highest BCUT2D eigenvalue weighted by Crippen LogP contribution is 2.33. The van der Waals surface area contributed by atoms with Crippen LogP contribution in [0.2, 0.25) is 0 Å². The fourth-order valence-electron chi connectivity index (χ4n) is 4.47. The number of ether oxygens (including phenoxy) is 3. The van der Waals surface area contributed by atoms with Crippen molar-refractivity contribution in [2.45, 2.75) is 31.5 Å². The van der Waals surface area contributed by atoms with E-state index in [0.717, 1.165) is 12.8 Å². The van der Waals surface area contributed by atoms with Crippen LogP contribution in [-0.2, 0) is 20.9 Å². The van der Waals surface area contributed by atoms with Crippen LogP contribution in [0.3, 0.4) is 0 Å². The standard InChI is InChI=1S/C29H32FN3O7/c1-37-23-12-9-20(15-25(23)38-2)27(29(36)31-16-22-5-3-13-39-22)33(18-19-7-10-21(30)11-8-19)26(34)17-32-28(35)24-6-4-14-40-24/h4,6-12,14-15,22,27H,3,5,13,16-18H2,1-2H3,(H,31,36)(H,32,35)/t22-,27-/m0/s1. The first-order valence-corrected chi connectivity index (χ1v) is 12.9. The number of carbonyl (C=O) groups is 3. The summed E-state index contributed by atoms with van der Waals surface area (Å²) in [6.45, 7) is 0.451. The molecular formula is C29H32FN3O7. The minimum atomic E-state index is -1.13. The van der Waals surface area contributed by atoms with Crippen LogP contribution in [0.25, 0.3) is 0 Å². The normalized spacial score (nSPS) is 15.2. The van der Waals surface area contributed by atoms with Crippen LogP contribution in [0.4, 0.5) is 4.39 Å². The van der Waals surface area contributed by atoms with Crippen LogP contribution in [0.1, 0.15) is 40.6 Å². The minimum absolute atomic E-state index is 0.0396. The second-order valence-corrected chi connectivity index (χ2v) is 9.21. The van der Waals surface area contributed by atoms with E-state index < -0.39 is 36.1 Å². The zero-order valence-electron chi connectivity index (χ0n) is 22.4. The van der Waals surface area contributed by atoms with Gasteiger partial charge in [-0.05, 0) is 60.4 Å². The molecule has 1 aliphatic heterocycles. The summed E-state index contributed by atoms with van der Waals surface area (Å²) in [5.74, 6) is -1.14. The summed E-state index contributed by atoms with van der Waals surface area (Å²) < 4.78 is 35.2. The van der Waals surface area contributed by atoms with Gasteiger partial charge in [-0.1, -0.05) is 18.2 Å². The maximum absolute atomic E-state index is 13.8. The number of amides is 3. The molecule has 2 N–H and O–H groups in total. The Morgan fingerprint density at radius 2 is 1.82 bits per heavy atom. The lowest BCUT2D eigenvalue weighted by molar-refractivity contribution is -0.141. The minimum Gasteiger partial charge on any atom is -0.493 e. The van der Waals surface area contributed by atoms with Gasteiger partial charge in [-0.2, -0.15) is 0 Å². The predicted molar refractivity (Wildman–Crippen MR) is 142 cm³/mol. The van der Waals surface area contributed by atoms with Gasteiger partial charge in [-0.3, -0.25) is 14.4 Å². The Bertz CT molecular complexity index is 1290. The van der Waals surface area contributed by atoms with E-state index in [1.165, 1.54) is 55.7 Å². The molecule has 0 unspecified atom stereocenters. The molecule has 2 atom stereocenters. The third-order valence-electron chi connectivity index (χ3n) is 6.54. The molecule has 2 aromatic carbocycles. The fourth-order valence-corrected chi connectivity index (χ4v) is 4.47. The molecule has 1 aliphatic rings. The molecule has 3 aromatic rings. The second-order valence-electron chi connectivity index (χ2n) is 9.21. The lowest BCUT2D eigenvalue weighted by atomic mass is 10.0. The monoisotopic (exact) mass is 553 g/mol. The van der Waals surface area contributed by atoms with Crippen LogP contribution in [0, 0.1) is 5.82 Å². The number of hydrogen-bond donors (Lipinski definition) is 2. The third kappa shape index (κ3) is 7.17. The zero-order chi connectivity index (χ0) is 28.5. The Balaban J connectivity index is 1.67. The van der Waals surface area contributed by atoms with Crippen LogP contribution < -0.4 is 20.1 Å². The van der Waals surface area contributed by atoms with E-state index in [9.17, 15) is 18.8 Å². The van der Waals surface area contributed by atoms with Crippen molar-refractivity contribution in [3.63, 3.8) is 0 Å². The van der Waals surface area contributed by atoms with Crippen molar-refractivity contribution in [2.75, 3.05) is 33.9 Å². The fraction of sp³-hybridized carbons (Fsp3) is 0.345. The maximum Gasteiger partial charge on any atom is 0.287 e. The first-order chi connectivity index (χ1) is 19.4. The molecule has 1 aromatic heterocycles. The SMILES string of the molecule is COc1ccc([C@@H](C(=O)NC[C@@H]2CCCO2)N(Cc2ccc(F)cc2)C(=O)CNC(=O)c2ccco2)cc1OC. The molecule has 4 rings (SSSR count). The van der Waals surface area contributed by atoms with Gasteiger partial charge in [-0.25, -0.2) is 4.39 Å². The lowest BCUT2D eigenvalue weighted by Crippen LogP contribution is -2.48. The summed E-state index contributed by atoms with van der Waals surface area (Å²) in [5, 5.41) is 5.46. The first-order valence-electron chi connectivity index (χ1n) is 12.9. The van der Waals surface area contributed by atoms with Crippen LogP contribution in [0.15, 0.2) is 65.3 Å². The topological polar surface area (TPSA) is 119 Å². The highest BCUT2D eigenvalue weighted by molar-refractivity contribution is 5.95. The van der Waals surface area contributed by atoms with E-state index in [0.29, 0.717) is 29.2 Å². The van der Waals surface area contributed by atoms with E-state index >= 15 is 0 Å². The van der Waals surface area contributed by atoms with Gasteiger partial charge < -0.3 is 34.2 Å². The van der Waals surface area contributed by atoms with Gasteiger partial charge in [0, 0.05) is 19.7 Å². The maximum atomic E-state index is 13.8. The number of halogens is 1. The number of furan rings is 1. The molecule has 0 bridgehead atoms. The van der Waals surface area contributed by atoms with Gasteiger partial charge in [0.2, 0.25) is 11.8 Å². The molecule has 1 fully saturated rings. The van der Waals surface area contributed by atoms with Gasteiger partial charge in [0.15, 0.2) is 17.3 Å². The van der Waals surface area contributed by atoms with E-state index in [1.54, 1.807) is 24.3 Å². The van der Waals surface area contributed by atoms with Gasteiger partial charge in [0.05, 0.1) is 33.1 Å². The number of hydrogen-bond acceptors (Lipinski definition) is 7. The van der Waals surface area contributed by atoms with Crippen molar-refractivity contribution in [1.82, 2.24) is 15.5 Å². The molecule has 212 valence electrons. The number of nitrogens with one attached hydrogen (secondary N) is 2. The van der Waals surface area contributed by atoms with Crippen molar-refractivity contribution >= 4 is 17.7 Å². The van der Waals surface area contributed by atoms with Crippen molar-refractivity contribution in [2.24, 2.45) is 0 Å². The van der Waals surface area contributed by atoms with E-state index in [1.807, 2.05) is 0 Å². The predicted octanol–water partition coefficient (Wildman–Crippen LogP) is 3.23. The average Bonchev–Trinajstić information content (AvgIpc) is 3.70.